The Bertz CT molecular complexity index is 740. The van der Waals surface area contributed by atoms with Crippen LogP contribution in [0.1, 0.15) is 59.1 Å². The van der Waals surface area contributed by atoms with E-state index in [-0.39, 0.29) is 11.6 Å². The Morgan fingerprint density at radius 2 is 2.12 bits per heavy atom. The molecule has 1 unspecified atom stereocenters. The third-order valence-corrected chi connectivity index (χ3v) is 5.02. The first kappa shape index (κ1) is 18.4. The van der Waals surface area contributed by atoms with Crippen LogP contribution < -0.4 is 10.5 Å². The van der Waals surface area contributed by atoms with Gasteiger partial charge in [0.1, 0.15) is 6.23 Å². The number of aromatic nitrogens is 4. The first-order valence-electron chi connectivity index (χ1n) is 8.86. The summed E-state index contributed by atoms with van der Waals surface area (Å²) in [7, 11) is 0. The number of nitrogens with two attached hydrogens (primary N) is 1. The van der Waals surface area contributed by atoms with Crippen LogP contribution in [0.4, 0.5) is 5.82 Å². The summed E-state index contributed by atoms with van der Waals surface area (Å²) in [5.41, 5.74) is 7.38. The Morgan fingerprint density at radius 1 is 1.32 bits per heavy atom. The maximum atomic E-state index is 6.10. The largest absolute Gasteiger partial charge is 0.463 e. The second-order valence-corrected chi connectivity index (χ2v) is 8.05. The molecule has 1 aliphatic rings. The van der Waals surface area contributed by atoms with Crippen molar-refractivity contribution >= 4 is 32.9 Å². The molecule has 0 aliphatic carbocycles. The van der Waals surface area contributed by atoms with Gasteiger partial charge in [0.05, 0.1) is 6.61 Å². The van der Waals surface area contributed by atoms with Crippen molar-refractivity contribution in [3.05, 3.63) is 4.73 Å². The van der Waals surface area contributed by atoms with Crippen LogP contribution in [0, 0.1) is 5.41 Å². The lowest BCUT2D eigenvalue weighted by atomic mass is 9.89. The molecule has 1 saturated heterocycles. The van der Waals surface area contributed by atoms with Crippen LogP contribution >= 0.6 is 15.9 Å². The van der Waals surface area contributed by atoms with E-state index in [2.05, 4.69) is 51.7 Å². The molecule has 0 amide bonds. The molecular formula is C17H26BrN5O2. The Balaban J connectivity index is 1.91. The quantitative estimate of drug-likeness (QED) is 0.720. The molecular weight excluding hydrogens is 386 g/mol. The number of nitrogens with zero attached hydrogens (tertiary/aromatic N) is 4. The van der Waals surface area contributed by atoms with E-state index in [0.29, 0.717) is 34.3 Å². The van der Waals surface area contributed by atoms with Gasteiger partial charge in [-0.05, 0) is 47.0 Å². The van der Waals surface area contributed by atoms with E-state index < -0.39 is 0 Å². The van der Waals surface area contributed by atoms with Gasteiger partial charge in [-0.1, -0.05) is 27.2 Å². The van der Waals surface area contributed by atoms with Crippen molar-refractivity contribution in [2.45, 2.75) is 59.1 Å². The van der Waals surface area contributed by atoms with Gasteiger partial charge in [0.2, 0.25) is 0 Å². The maximum absolute atomic E-state index is 6.10. The molecule has 2 aromatic heterocycles. The summed E-state index contributed by atoms with van der Waals surface area (Å²) in [5.74, 6) is 0.323. The Labute approximate surface area is 156 Å². The van der Waals surface area contributed by atoms with Crippen molar-refractivity contribution < 1.29 is 9.47 Å². The van der Waals surface area contributed by atoms with E-state index in [9.17, 15) is 0 Å². The predicted octanol–water partition coefficient (Wildman–Crippen LogP) is 4.08. The van der Waals surface area contributed by atoms with Crippen LogP contribution in [-0.2, 0) is 4.74 Å². The molecule has 138 valence electrons. The van der Waals surface area contributed by atoms with E-state index in [1.807, 2.05) is 4.57 Å². The number of hydrogen-bond donors (Lipinski definition) is 1. The summed E-state index contributed by atoms with van der Waals surface area (Å²) >= 11 is 3.50. The molecule has 1 fully saturated rings. The number of imidazole rings is 1. The molecule has 2 N–H and O–H groups in total. The van der Waals surface area contributed by atoms with E-state index in [1.165, 1.54) is 0 Å². The zero-order chi connectivity index (χ0) is 18.0. The molecule has 3 rings (SSSR count). The highest BCUT2D eigenvalue weighted by Gasteiger charge is 2.25. The van der Waals surface area contributed by atoms with E-state index >= 15 is 0 Å². The van der Waals surface area contributed by atoms with Gasteiger partial charge in [-0.2, -0.15) is 9.97 Å². The summed E-state index contributed by atoms with van der Waals surface area (Å²) in [6.45, 7) is 7.81. The number of rotatable bonds is 6. The molecule has 1 atom stereocenters. The van der Waals surface area contributed by atoms with E-state index in [4.69, 9.17) is 15.2 Å². The second-order valence-electron chi connectivity index (χ2n) is 7.34. The van der Waals surface area contributed by atoms with Gasteiger partial charge >= 0.3 is 6.01 Å². The minimum atomic E-state index is -0.0909. The lowest BCUT2D eigenvalue weighted by Gasteiger charge is -2.25. The summed E-state index contributed by atoms with van der Waals surface area (Å²) < 4.78 is 14.3. The van der Waals surface area contributed by atoms with Crippen molar-refractivity contribution in [2.75, 3.05) is 18.9 Å². The number of ether oxygens (including phenoxy) is 2. The molecule has 0 radical (unpaired) electrons. The highest BCUT2D eigenvalue weighted by Crippen LogP contribution is 2.32. The SMILES string of the molecule is CCCC(C)(C)COc1nc(N)c2nc(Br)n(C3CCCCO3)c2n1. The summed E-state index contributed by atoms with van der Waals surface area (Å²) in [6.07, 6.45) is 5.21. The predicted molar refractivity (Wildman–Crippen MR) is 100 cm³/mol. The topological polar surface area (TPSA) is 88.1 Å². The van der Waals surface area contributed by atoms with Gasteiger partial charge < -0.3 is 15.2 Å². The molecule has 7 nitrogen and oxygen atoms in total. The summed E-state index contributed by atoms with van der Waals surface area (Å²) in [5, 5.41) is 0. The summed E-state index contributed by atoms with van der Waals surface area (Å²) in [4.78, 5) is 13.3. The van der Waals surface area contributed by atoms with Crippen LogP contribution in [0.2, 0.25) is 0 Å². The number of hydrogen-bond acceptors (Lipinski definition) is 6. The molecule has 0 aromatic carbocycles. The van der Waals surface area contributed by atoms with Gasteiger partial charge in [0.25, 0.3) is 0 Å². The van der Waals surface area contributed by atoms with Crippen LogP contribution in [0.3, 0.4) is 0 Å². The van der Waals surface area contributed by atoms with Crippen molar-refractivity contribution in [3.8, 4) is 6.01 Å². The summed E-state index contributed by atoms with van der Waals surface area (Å²) in [6, 6.07) is 0.290. The van der Waals surface area contributed by atoms with Crippen LogP contribution in [0.25, 0.3) is 11.2 Å². The van der Waals surface area contributed by atoms with Crippen molar-refractivity contribution in [2.24, 2.45) is 5.41 Å². The van der Waals surface area contributed by atoms with Crippen molar-refractivity contribution in [1.29, 1.82) is 0 Å². The van der Waals surface area contributed by atoms with Gasteiger partial charge in [0, 0.05) is 6.61 Å². The maximum Gasteiger partial charge on any atom is 0.320 e. The number of anilines is 1. The standard InChI is InChI=1S/C17H26BrN5O2/c1-4-8-17(2,3)10-25-16-21-13(19)12-14(22-16)23(15(18)20-12)11-7-5-6-9-24-11/h11H,4-10H2,1-3H3,(H2,19,21,22). The molecule has 2 aromatic rings. The Kier molecular flexibility index (Phi) is 5.48. The van der Waals surface area contributed by atoms with Crippen LogP contribution in [-0.4, -0.2) is 32.7 Å². The first-order valence-corrected chi connectivity index (χ1v) is 9.66. The van der Waals surface area contributed by atoms with Crippen LogP contribution in [0.5, 0.6) is 6.01 Å². The zero-order valence-electron chi connectivity index (χ0n) is 15.1. The van der Waals surface area contributed by atoms with Crippen molar-refractivity contribution in [1.82, 2.24) is 19.5 Å². The molecule has 0 saturated carbocycles. The van der Waals surface area contributed by atoms with Gasteiger partial charge in [-0.3, -0.25) is 4.57 Å². The molecule has 1 aliphatic heterocycles. The smallest absolute Gasteiger partial charge is 0.320 e. The first-order chi connectivity index (χ1) is 11.9. The second kappa shape index (κ2) is 7.45. The number of fused-ring (bicyclic) bond motifs is 1. The molecule has 0 bridgehead atoms. The molecule has 0 spiro atoms. The van der Waals surface area contributed by atoms with E-state index in [1.54, 1.807) is 0 Å². The molecule has 8 heteroatoms. The monoisotopic (exact) mass is 411 g/mol. The minimum absolute atomic E-state index is 0.0646. The fraction of sp³-hybridized carbons (Fsp3) is 0.706. The van der Waals surface area contributed by atoms with Crippen molar-refractivity contribution in [3.63, 3.8) is 0 Å². The van der Waals surface area contributed by atoms with Gasteiger partial charge in [0.15, 0.2) is 21.7 Å². The lowest BCUT2D eigenvalue weighted by Crippen LogP contribution is -2.22. The number of nitrogen functional groups attached to an aromatic ring is 1. The zero-order valence-corrected chi connectivity index (χ0v) is 16.7. The average molecular weight is 412 g/mol. The fourth-order valence-electron chi connectivity index (χ4n) is 3.20. The highest BCUT2D eigenvalue weighted by molar-refractivity contribution is 9.10. The third-order valence-electron chi connectivity index (χ3n) is 4.47. The minimum Gasteiger partial charge on any atom is -0.463 e. The molecule has 25 heavy (non-hydrogen) atoms. The average Bonchev–Trinajstić information content (AvgIpc) is 2.90. The van der Waals surface area contributed by atoms with Gasteiger partial charge in [-0.25, -0.2) is 4.98 Å². The van der Waals surface area contributed by atoms with Crippen LogP contribution in [0.15, 0.2) is 4.73 Å². The Morgan fingerprint density at radius 3 is 2.80 bits per heavy atom. The van der Waals surface area contributed by atoms with E-state index in [0.717, 1.165) is 38.7 Å². The normalized spacial score (nSPS) is 18.6. The lowest BCUT2D eigenvalue weighted by molar-refractivity contribution is -0.0311. The Hall–Kier alpha value is -1.41. The fourth-order valence-corrected chi connectivity index (χ4v) is 3.78. The number of halogens is 1. The van der Waals surface area contributed by atoms with Gasteiger partial charge in [-0.15, -0.1) is 0 Å². The molecule has 3 heterocycles. The highest BCUT2D eigenvalue weighted by atomic mass is 79.9. The third kappa shape index (κ3) is 4.06.